The molecule has 0 bridgehead atoms. The molecule has 1 unspecified atom stereocenters. The Balaban J connectivity index is 1.76. The van der Waals surface area contributed by atoms with Crippen molar-refractivity contribution in [3.8, 4) is 17.2 Å². The van der Waals surface area contributed by atoms with Crippen LogP contribution in [0.25, 0.3) is 0 Å². The zero-order valence-electron chi connectivity index (χ0n) is 21.3. The molecule has 3 aromatic rings. The number of fused-ring (bicyclic) bond motifs is 1. The molecule has 1 atom stereocenters. The number of aryl methyl sites for hydroxylation is 1. The van der Waals surface area contributed by atoms with E-state index < -0.39 is 0 Å². The van der Waals surface area contributed by atoms with E-state index >= 15 is 0 Å². The summed E-state index contributed by atoms with van der Waals surface area (Å²) >= 11 is 0. The lowest BCUT2D eigenvalue weighted by atomic mass is 9.81. The maximum Gasteiger partial charge on any atom is 0.234 e. The van der Waals surface area contributed by atoms with E-state index in [1.54, 1.807) is 21.3 Å². The molecule has 3 aromatic carbocycles. The van der Waals surface area contributed by atoms with E-state index in [1.165, 1.54) is 11.1 Å². The molecule has 0 fully saturated rings. The Morgan fingerprint density at radius 3 is 2.40 bits per heavy atom. The summed E-state index contributed by atoms with van der Waals surface area (Å²) in [6.45, 7) is 4.73. The van der Waals surface area contributed by atoms with Gasteiger partial charge < -0.3 is 19.1 Å². The normalized spacial score (nSPS) is 14.9. The zero-order valence-corrected chi connectivity index (χ0v) is 21.3. The number of ether oxygens (including phenoxy) is 3. The number of carbonyl (C=O) groups is 1. The number of rotatable bonds is 8. The molecule has 0 saturated carbocycles. The van der Waals surface area contributed by atoms with Crippen molar-refractivity contribution in [1.29, 1.82) is 0 Å². The van der Waals surface area contributed by atoms with Crippen molar-refractivity contribution < 1.29 is 19.0 Å². The van der Waals surface area contributed by atoms with E-state index in [9.17, 15) is 4.79 Å². The molecule has 0 spiro atoms. The van der Waals surface area contributed by atoms with E-state index in [1.807, 2.05) is 35.2 Å². The van der Waals surface area contributed by atoms with Crippen molar-refractivity contribution in [3.63, 3.8) is 0 Å². The third-order valence-electron chi connectivity index (χ3n) is 6.92. The fourth-order valence-corrected chi connectivity index (χ4v) is 4.93. The largest absolute Gasteiger partial charge is 0.497 e. The third kappa shape index (κ3) is 5.14. The Labute approximate surface area is 208 Å². The highest BCUT2D eigenvalue weighted by molar-refractivity contribution is 5.98. The van der Waals surface area contributed by atoms with Crippen LogP contribution in [0.15, 0.2) is 60.7 Å². The van der Waals surface area contributed by atoms with Crippen LogP contribution in [-0.4, -0.2) is 27.2 Å². The van der Waals surface area contributed by atoms with Crippen LogP contribution in [-0.2, 0) is 17.8 Å². The second-order valence-corrected chi connectivity index (χ2v) is 9.33. The Morgan fingerprint density at radius 1 is 0.971 bits per heavy atom. The Kier molecular flexibility index (Phi) is 7.64. The molecule has 1 amide bonds. The topological polar surface area (TPSA) is 48.0 Å². The van der Waals surface area contributed by atoms with Crippen LogP contribution in [0.2, 0.25) is 0 Å². The minimum absolute atomic E-state index is 0.0846. The molecule has 1 aliphatic carbocycles. The second-order valence-electron chi connectivity index (χ2n) is 9.33. The van der Waals surface area contributed by atoms with Crippen molar-refractivity contribution in [1.82, 2.24) is 0 Å². The highest BCUT2D eigenvalue weighted by Crippen LogP contribution is 2.38. The molecule has 0 aromatic heterocycles. The van der Waals surface area contributed by atoms with Gasteiger partial charge in [0.15, 0.2) is 11.5 Å². The van der Waals surface area contributed by atoms with Gasteiger partial charge >= 0.3 is 0 Å². The molecule has 0 saturated heterocycles. The smallest absolute Gasteiger partial charge is 0.234 e. The molecule has 5 nitrogen and oxygen atoms in total. The number of carbonyl (C=O) groups excluding carboxylic acids is 1. The SMILES string of the molecule is COc1ccc2c(c1)C(C(=O)N(Cc1cccc(OC)c1OC)c1ccc(C(C)C)cc1)CCC2. The second kappa shape index (κ2) is 10.9. The molecule has 35 heavy (non-hydrogen) atoms. The van der Waals surface area contributed by atoms with Crippen molar-refractivity contribution >= 4 is 11.6 Å². The van der Waals surface area contributed by atoms with Crippen molar-refractivity contribution in [2.45, 2.75) is 51.5 Å². The van der Waals surface area contributed by atoms with E-state index in [0.29, 0.717) is 24.0 Å². The number of anilines is 1. The highest BCUT2D eigenvalue weighted by Gasteiger charge is 2.32. The van der Waals surface area contributed by atoms with Gasteiger partial charge in [0.2, 0.25) is 5.91 Å². The minimum atomic E-state index is -0.227. The van der Waals surface area contributed by atoms with Gasteiger partial charge in [0, 0.05) is 11.3 Å². The molecule has 1 aliphatic rings. The van der Waals surface area contributed by atoms with Crippen LogP contribution in [0, 0.1) is 0 Å². The predicted octanol–water partition coefficient (Wildman–Crippen LogP) is 6.49. The zero-order chi connectivity index (χ0) is 24.9. The van der Waals surface area contributed by atoms with Crippen LogP contribution in [0.5, 0.6) is 17.2 Å². The molecule has 0 radical (unpaired) electrons. The lowest BCUT2D eigenvalue weighted by molar-refractivity contribution is -0.120. The standard InChI is InChI=1S/C30H35NO4/c1-20(2)21-12-15-24(16-13-21)31(19-23-9-7-11-28(34-4)29(23)35-5)30(32)26-10-6-8-22-14-17-25(33-3)18-27(22)26/h7,9,11-18,20,26H,6,8,10,19H2,1-5H3. The molecule has 0 aliphatic heterocycles. The van der Waals surface area contributed by atoms with Crippen LogP contribution in [0.4, 0.5) is 5.69 Å². The summed E-state index contributed by atoms with van der Waals surface area (Å²) in [6, 6.07) is 20.2. The van der Waals surface area contributed by atoms with Crippen LogP contribution >= 0.6 is 0 Å². The number of methoxy groups -OCH3 is 3. The van der Waals surface area contributed by atoms with E-state index in [2.05, 4.69) is 44.2 Å². The summed E-state index contributed by atoms with van der Waals surface area (Å²) in [5, 5.41) is 0. The lowest BCUT2D eigenvalue weighted by Gasteiger charge is -2.32. The first-order valence-corrected chi connectivity index (χ1v) is 12.2. The predicted molar refractivity (Wildman–Crippen MR) is 140 cm³/mol. The van der Waals surface area contributed by atoms with E-state index in [-0.39, 0.29) is 11.8 Å². The van der Waals surface area contributed by atoms with Crippen LogP contribution in [0.3, 0.4) is 0 Å². The monoisotopic (exact) mass is 473 g/mol. The van der Waals surface area contributed by atoms with Gasteiger partial charge in [0.25, 0.3) is 0 Å². The van der Waals surface area contributed by atoms with E-state index in [0.717, 1.165) is 41.8 Å². The van der Waals surface area contributed by atoms with Gasteiger partial charge in [-0.05, 0) is 72.2 Å². The minimum Gasteiger partial charge on any atom is -0.497 e. The fraction of sp³-hybridized carbons (Fsp3) is 0.367. The molecule has 0 heterocycles. The van der Waals surface area contributed by atoms with Crippen molar-refractivity contribution in [3.05, 3.63) is 82.9 Å². The average molecular weight is 474 g/mol. The fourth-order valence-electron chi connectivity index (χ4n) is 4.93. The average Bonchev–Trinajstić information content (AvgIpc) is 2.90. The molecular formula is C30H35NO4. The number of hydrogen-bond donors (Lipinski definition) is 0. The van der Waals surface area contributed by atoms with E-state index in [4.69, 9.17) is 14.2 Å². The summed E-state index contributed by atoms with van der Waals surface area (Å²) in [5.74, 6) is 2.37. The molecule has 0 N–H and O–H groups in total. The Hall–Kier alpha value is -3.47. The molecule has 184 valence electrons. The van der Waals surface area contributed by atoms with Gasteiger partial charge in [-0.15, -0.1) is 0 Å². The maximum atomic E-state index is 14.3. The number of amides is 1. The molecular weight excluding hydrogens is 438 g/mol. The summed E-state index contributed by atoms with van der Waals surface area (Å²) in [6.07, 6.45) is 2.78. The van der Waals surface area contributed by atoms with Gasteiger partial charge in [-0.1, -0.05) is 44.2 Å². The number of hydrogen-bond acceptors (Lipinski definition) is 4. The third-order valence-corrected chi connectivity index (χ3v) is 6.92. The Morgan fingerprint density at radius 2 is 1.74 bits per heavy atom. The van der Waals surface area contributed by atoms with Crippen molar-refractivity contribution in [2.75, 3.05) is 26.2 Å². The molecule has 4 rings (SSSR count). The summed E-state index contributed by atoms with van der Waals surface area (Å²) in [7, 11) is 4.93. The number of nitrogens with zero attached hydrogens (tertiary/aromatic N) is 1. The highest BCUT2D eigenvalue weighted by atomic mass is 16.5. The Bertz CT molecular complexity index is 1170. The van der Waals surface area contributed by atoms with Crippen molar-refractivity contribution in [2.24, 2.45) is 0 Å². The van der Waals surface area contributed by atoms with Gasteiger partial charge in [-0.2, -0.15) is 0 Å². The van der Waals surface area contributed by atoms with Crippen LogP contribution < -0.4 is 19.1 Å². The van der Waals surface area contributed by atoms with Gasteiger partial charge in [-0.25, -0.2) is 0 Å². The van der Waals surface area contributed by atoms with Gasteiger partial charge in [0.05, 0.1) is 33.8 Å². The maximum absolute atomic E-state index is 14.3. The lowest BCUT2D eigenvalue weighted by Crippen LogP contribution is -2.36. The van der Waals surface area contributed by atoms with Gasteiger partial charge in [0.1, 0.15) is 5.75 Å². The van der Waals surface area contributed by atoms with Gasteiger partial charge in [-0.3, -0.25) is 4.79 Å². The quantitative estimate of drug-likeness (QED) is 0.375. The molecule has 5 heteroatoms. The summed E-state index contributed by atoms with van der Waals surface area (Å²) < 4.78 is 16.7. The first-order chi connectivity index (χ1) is 17.0. The number of para-hydroxylation sites is 1. The van der Waals surface area contributed by atoms with Crippen LogP contribution in [0.1, 0.15) is 60.8 Å². The first kappa shape index (κ1) is 24.6. The first-order valence-electron chi connectivity index (χ1n) is 12.2. The number of benzene rings is 3. The summed E-state index contributed by atoms with van der Waals surface area (Å²) in [5.41, 5.74) is 5.31. The summed E-state index contributed by atoms with van der Waals surface area (Å²) in [4.78, 5) is 16.1.